The summed E-state index contributed by atoms with van der Waals surface area (Å²) in [6, 6.07) is 0.209. The summed E-state index contributed by atoms with van der Waals surface area (Å²) in [7, 11) is 0. The Hall–Kier alpha value is -1.16. The Morgan fingerprint density at radius 1 is 1.05 bits per heavy atom. The molecule has 4 heteroatoms. The molecule has 1 atom stereocenters. The fraction of sp³-hybridized carbons (Fsp3) is 0.733. The highest BCUT2D eigenvalue weighted by atomic mass is 16.3. The SMILES string of the molecule is OCC1CCCN1c1ncc(C2CCCCC2)cn1. The molecular formula is C15H23N3O. The topological polar surface area (TPSA) is 49.2 Å². The van der Waals surface area contributed by atoms with Crippen molar-refractivity contribution in [2.75, 3.05) is 18.1 Å². The summed E-state index contributed by atoms with van der Waals surface area (Å²) < 4.78 is 0. The first-order valence-corrected chi connectivity index (χ1v) is 7.58. The van der Waals surface area contributed by atoms with Gasteiger partial charge < -0.3 is 10.0 Å². The van der Waals surface area contributed by atoms with Gasteiger partial charge in [-0.2, -0.15) is 0 Å². The zero-order valence-corrected chi connectivity index (χ0v) is 11.5. The normalized spacial score (nSPS) is 24.9. The monoisotopic (exact) mass is 261 g/mol. The van der Waals surface area contributed by atoms with E-state index in [-0.39, 0.29) is 12.6 Å². The Morgan fingerprint density at radius 2 is 1.79 bits per heavy atom. The van der Waals surface area contributed by atoms with Crippen LogP contribution in [0.5, 0.6) is 0 Å². The molecule has 1 unspecified atom stereocenters. The van der Waals surface area contributed by atoms with Crippen molar-refractivity contribution in [3.63, 3.8) is 0 Å². The maximum Gasteiger partial charge on any atom is 0.225 e. The van der Waals surface area contributed by atoms with Crippen LogP contribution in [0.2, 0.25) is 0 Å². The molecule has 2 aliphatic rings. The molecule has 1 aliphatic heterocycles. The van der Waals surface area contributed by atoms with E-state index in [0.717, 1.165) is 25.3 Å². The first kappa shape index (κ1) is 12.9. The summed E-state index contributed by atoms with van der Waals surface area (Å²) in [5, 5.41) is 9.36. The molecule has 2 heterocycles. The van der Waals surface area contributed by atoms with Crippen LogP contribution < -0.4 is 4.90 Å². The molecule has 0 spiro atoms. The first-order chi connectivity index (χ1) is 9.38. The van der Waals surface area contributed by atoms with Crippen LogP contribution in [0, 0.1) is 0 Å². The molecule has 4 nitrogen and oxygen atoms in total. The molecule has 0 aromatic carbocycles. The van der Waals surface area contributed by atoms with E-state index in [1.54, 1.807) is 0 Å². The van der Waals surface area contributed by atoms with Crippen LogP contribution in [0.3, 0.4) is 0 Å². The van der Waals surface area contributed by atoms with Crippen molar-refractivity contribution >= 4 is 5.95 Å². The summed E-state index contributed by atoms with van der Waals surface area (Å²) >= 11 is 0. The highest BCUT2D eigenvalue weighted by molar-refractivity contribution is 5.34. The minimum absolute atomic E-state index is 0.202. The summed E-state index contributed by atoms with van der Waals surface area (Å²) in [6.07, 6.45) is 12.8. The van der Waals surface area contributed by atoms with Crippen LogP contribution in [0.15, 0.2) is 12.4 Å². The molecule has 19 heavy (non-hydrogen) atoms. The Balaban J connectivity index is 1.71. The fourth-order valence-electron chi connectivity index (χ4n) is 3.42. The van der Waals surface area contributed by atoms with Gasteiger partial charge in [0.1, 0.15) is 0 Å². The lowest BCUT2D eigenvalue weighted by atomic mass is 9.85. The zero-order valence-electron chi connectivity index (χ0n) is 11.5. The van der Waals surface area contributed by atoms with Gasteiger partial charge in [0.25, 0.3) is 0 Å². The summed E-state index contributed by atoms with van der Waals surface area (Å²) in [4.78, 5) is 11.2. The lowest BCUT2D eigenvalue weighted by Crippen LogP contribution is -2.33. The molecule has 1 aromatic rings. The van der Waals surface area contributed by atoms with Crippen molar-refractivity contribution < 1.29 is 5.11 Å². The number of aliphatic hydroxyl groups excluding tert-OH is 1. The van der Waals surface area contributed by atoms with E-state index in [0.29, 0.717) is 5.92 Å². The third kappa shape index (κ3) is 2.73. The molecule has 104 valence electrons. The molecule has 0 radical (unpaired) electrons. The van der Waals surface area contributed by atoms with Gasteiger partial charge >= 0.3 is 0 Å². The van der Waals surface area contributed by atoms with E-state index < -0.39 is 0 Å². The van der Waals surface area contributed by atoms with Gasteiger partial charge in [0.2, 0.25) is 5.95 Å². The van der Waals surface area contributed by atoms with Crippen molar-refractivity contribution in [2.45, 2.75) is 56.9 Å². The maximum absolute atomic E-state index is 9.36. The number of rotatable bonds is 3. The van der Waals surface area contributed by atoms with E-state index >= 15 is 0 Å². The molecular weight excluding hydrogens is 238 g/mol. The summed E-state index contributed by atoms with van der Waals surface area (Å²) in [5.74, 6) is 1.45. The van der Waals surface area contributed by atoms with E-state index in [1.165, 1.54) is 37.7 Å². The average molecular weight is 261 g/mol. The van der Waals surface area contributed by atoms with Crippen molar-refractivity contribution in [1.29, 1.82) is 0 Å². The Labute approximate surface area is 114 Å². The predicted octanol–water partition coefficient (Wildman–Crippen LogP) is 2.49. The Morgan fingerprint density at radius 3 is 2.47 bits per heavy atom. The van der Waals surface area contributed by atoms with E-state index in [2.05, 4.69) is 14.9 Å². The van der Waals surface area contributed by atoms with Gasteiger partial charge in [-0.05, 0) is 37.2 Å². The van der Waals surface area contributed by atoms with Crippen LogP contribution in [0.25, 0.3) is 0 Å². The van der Waals surface area contributed by atoms with E-state index in [9.17, 15) is 5.11 Å². The smallest absolute Gasteiger partial charge is 0.225 e. The van der Waals surface area contributed by atoms with Crippen molar-refractivity contribution in [3.05, 3.63) is 18.0 Å². The standard InChI is InChI=1S/C15H23N3O/c19-11-14-7-4-8-18(14)15-16-9-13(10-17-15)12-5-2-1-3-6-12/h9-10,12,14,19H,1-8,11H2. The van der Waals surface area contributed by atoms with Crippen LogP contribution in [-0.4, -0.2) is 34.3 Å². The number of nitrogens with zero attached hydrogens (tertiary/aromatic N) is 3. The minimum atomic E-state index is 0.202. The van der Waals surface area contributed by atoms with Crippen molar-refractivity contribution in [2.24, 2.45) is 0 Å². The van der Waals surface area contributed by atoms with E-state index in [1.807, 2.05) is 12.4 Å². The zero-order chi connectivity index (χ0) is 13.1. The van der Waals surface area contributed by atoms with Gasteiger partial charge in [-0.1, -0.05) is 19.3 Å². The third-order valence-electron chi connectivity index (χ3n) is 4.58. The molecule has 3 rings (SSSR count). The second-order valence-corrected chi connectivity index (χ2v) is 5.82. The molecule has 1 saturated carbocycles. The number of aliphatic hydroxyl groups is 1. The molecule has 0 amide bonds. The Kier molecular flexibility index (Phi) is 3.97. The number of anilines is 1. The predicted molar refractivity (Wildman–Crippen MR) is 75.3 cm³/mol. The van der Waals surface area contributed by atoms with Gasteiger partial charge in [0.05, 0.1) is 12.6 Å². The fourth-order valence-corrected chi connectivity index (χ4v) is 3.42. The highest BCUT2D eigenvalue weighted by Gasteiger charge is 2.26. The number of hydrogen-bond donors (Lipinski definition) is 1. The van der Waals surface area contributed by atoms with E-state index in [4.69, 9.17) is 0 Å². The average Bonchev–Trinajstić information content (AvgIpc) is 2.97. The molecule has 1 saturated heterocycles. The van der Waals surface area contributed by atoms with Crippen LogP contribution >= 0.6 is 0 Å². The minimum Gasteiger partial charge on any atom is -0.394 e. The largest absolute Gasteiger partial charge is 0.394 e. The first-order valence-electron chi connectivity index (χ1n) is 7.58. The second-order valence-electron chi connectivity index (χ2n) is 5.82. The Bertz CT molecular complexity index is 400. The van der Waals surface area contributed by atoms with Crippen molar-refractivity contribution in [1.82, 2.24) is 9.97 Å². The number of aromatic nitrogens is 2. The van der Waals surface area contributed by atoms with Gasteiger partial charge in [-0.15, -0.1) is 0 Å². The summed E-state index contributed by atoms with van der Waals surface area (Å²) in [6.45, 7) is 1.17. The third-order valence-corrected chi connectivity index (χ3v) is 4.58. The van der Waals surface area contributed by atoms with Gasteiger partial charge in [-0.25, -0.2) is 9.97 Å². The maximum atomic E-state index is 9.36. The van der Waals surface area contributed by atoms with Crippen molar-refractivity contribution in [3.8, 4) is 0 Å². The lowest BCUT2D eigenvalue weighted by molar-refractivity contribution is 0.265. The number of hydrogen-bond acceptors (Lipinski definition) is 4. The van der Waals surface area contributed by atoms with Crippen LogP contribution in [-0.2, 0) is 0 Å². The molecule has 1 aliphatic carbocycles. The molecule has 1 N–H and O–H groups in total. The quantitative estimate of drug-likeness (QED) is 0.908. The second kappa shape index (κ2) is 5.87. The molecule has 1 aromatic heterocycles. The van der Waals surface area contributed by atoms with Crippen LogP contribution in [0.1, 0.15) is 56.4 Å². The molecule has 0 bridgehead atoms. The van der Waals surface area contributed by atoms with Gasteiger partial charge in [-0.3, -0.25) is 0 Å². The van der Waals surface area contributed by atoms with Gasteiger partial charge in [0, 0.05) is 18.9 Å². The van der Waals surface area contributed by atoms with Gasteiger partial charge in [0.15, 0.2) is 0 Å². The molecule has 2 fully saturated rings. The summed E-state index contributed by atoms with van der Waals surface area (Å²) in [5.41, 5.74) is 1.29. The van der Waals surface area contributed by atoms with Crippen LogP contribution in [0.4, 0.5) is 5.95 Å². The highest BCUT2D eigenvalue weighted by Crippen LogP contribution is 2.32. The lowest BCUT2D eigenvalue weighted by Gasteiger charge is -2.24.